The summed E-state index contributed by atoms with van der Waals surface area (Å²) >= 11 is 0. The van der Waals surface area contributed by atoms with Crippen LogP contribution < -0.4 is 16.0 Å². The number of fused-ring (bicyclic) bond motifs is 1. The van der Waals surface area contributed by atoms with Gasteiger partial charge in [-0.2, -0.15) is 5.26 Å². The third-order valence-corrected chi connectivity index (χ3v) is 6.46. The van der Waals surface area contributed by atoms with Gasteiger partial charge in [0.25, 0.3) is 5.91 Å². The lowest BCUT2D eigenvalue weighted by Crippen LogP contribution is -2.50. The Hall–Kier alpha value is -3.54. The number of hydrogen-bond donors (Lipinski definition) is 4. The highest BCUT2D eigenvalue weighted by molar-refractivity contribution is 5.99. The van der Waals surface area contributed by atoms with Crippen LogP contribution in [0.5, 0.6) is 0 Å². The molecule has 2 saturated carbocycles. The van der Waals surface area contributed by atoms with E-state index in [2.05, 4.69) is 27.0 Å². The lowest BCUT2D eigenvalue weighted by atomic mass is 9.83. The number of nitrogens with one attached hydrogen (secondary N) is 4. The van der Waals surface area contributed by atoms with Crippen LogP contribution in [0.25, 0.3) is 10.9 Å². The van der Waals surface area contributed by atoms with Crippen molar-refractivity contribution in [3.8, 4) is 6.07 Å². The van der Waals surface area contributed by atoms with Crippen molar-refractivity contribution in [3.05, 3.63) is 30.0 Å². The maximum atomic E-state index is 13.1. The van der Waals surface area contributed by atoms with Gasteiger partial charge in [-0.1, -0.05) is 12.8 Å². The molecule has 1 unspecified atom stereocenters. The molecule has 1 aromatic heterocycles. The second-order valence-electron chi connectivity index (χ2n) is 10.5. The molecular weight excluding hydrogens is 446 g/mol. The fraction of sp³-hybridized carbons (Fsp3) is 0.538. The fourth-order valence-corrected chi connectivity index (χ4v) is 4.56. The molecule has 2 aliphatic rings. The third-order valence-electron chi connectivity index (χ3n) is 6.46. The summed E-state index contributed by atoms with van der Waals surface area (Å²) in [4.78, 5) is 41.1. The molecule has 2 aromatic rings. The minimum absolute atomic E-state index is 0.150. The van der Waals surface area contributed by atoms with Gasteiger partial charge >= 0.3 is 6.09 Å². The van der Waals surface area contributed by atoms with E-state index in [1.807, 2.05) is 0 Å². The number of amides is 3. The SMILES string of the molecule is CC(C)(C)OC(=O)Nc1ccc2[nH]c(C(=O)N[C@H]3CCCC[C@H]3C(=O)NC(C#N)C3CC3)cc2c1. The second kappa shape index (κ2) is 9.98. The van der Waals surface area contributed by atoms with E-state index in [1.54, 1.807) is 45.0 Å². The zero-order valence-corrected chi connectivity index (χ0v) is 20.4. The first kappa shape index (κ1) is 24.6. The number of nitrogens with zero attached hydrogens (tertiary/aromatic N) is 1. The van der Waals surface area contributed by atoms with Crippen LogP contribution in [0, 0.1) is 23.2 Å². The number of carbonyl (C=O) groups is 3. The van der Waals surface area contributed by atoms with Gasteiger partial charge in [0.05, 0.1) is 12.0 Å². The lowest BCUT2D eigenvalue weighted by molar-refractivity contribution is -0.127. The molecule has 0 spiro atoms. The molecule has 35 heavy (non-hydrogen) atoms. The predicted octanol–water partition coefficient (Wildman–Crippen LogP) is 4.22. The largest absolute Gasteiger partial charge is 0.444 e. The molecule has 4 rings (SSSR count). The van der Waals surface area contributed by atoms with Crippen LogP contribution in [-0.4, -0.2) is 40.6 Å². The monoisotopic (exact) mass is 479 g/mol. The highest BCUT2D eigenvalue weighted by Crippen LogP contribution is 2.33. The summed E-state index contributed by atoms with van der Waals surface area (Å²) in [6, 6.07) is 8.48. The molecule has 9 heteroatoms. The Morgan fingerprint density at radius 3 is 2.54 bits per heavy atom. The van der Waals surface area contributed by atoms with Gasteiger partial charge < -0.3 is 20.4 Å². The van der Waals surface area contributed by atoms with Crippen molar-refractivity contribution in [2.75, 3.05) is 5.32 Å². The quantitative estimate of drug-likeness (QED) is 0.492. The Bertz CT molecular complexity index is 1150. The van der Waals surface area contributed by atoms with Gasteiger partial charge in [0.2, 0.25) is 5.91 Å². The molecule has 1 aromatic carbocycles. The number of aromatic nitrogens is 1. The van der Waals surface area contributed by atoms with Crippen molar-refractivity contribution >= 4 is 34.5 Å². The van der Waals surface area contributed by atoms with E-state index in [0.29, 0.717) is 24.2 Å². The minimum atomic E-state index is -0.602. The molecule has 0 aliphatic heterocycles. The van der Waals surface area contributed by atoms with E-state index < -0.39 is 17.7 Å². The van der Waals surface area contributed by atoms with Crippen LogP contribution in [0.3, 0.4) is 0 Å². The number of hydrogen-bond acceptors (Lipinski definition) is 5. The Balaban J connectivity index is 1.41. The molecule has 0 radical (unpaired) electrons. The van der Waals surface area contributed by atoms with Crippen LogP contribution in [0.15, 0.2) is 24.3 Å². The fourth-order valence-electron chi connectivity index (χ4n) is 4.56. The summed E-state index contributed by atoms with van der Waals surface area (Å²) in [6.07, 6.45) is 4.65. The molecular formula is C26H33N5O4. The van der Waals surface area contributed by atoms with Crippen molar-refractivity contribution < 1.29 is 19.1 Å². The van der Waals surface area contributed by atoms with E-state index >= 15 is 0 Å². The molecule has 3 amide bonds. The van der Waals surface area contributed by atoms with Crippen molar-refractivity contribution in [1.29, 1.82) is 5.26 Å². The molecule has 2 fully saturated rings. The first-order valence-electron chi connectivity index (χ1n) is 12.3. The first-order chi connectivity index (χ1) is 16.6. The van der Waals surface area contributed by atoms with Crippen molar-refractivity contribution in [3.63, 3.8) is 0 Å². The third kappa shape index (κ3) is 6.32. The van der Waals surface area contributed by atoms with Crippen molar-refractivity contribution in [2.45, 2.75) is 77.0 Å². The average Bonchev–Trinajstić information content (AvgIpc) is 3.54. The van der Waals surface area contributed by atoms with Crippen molar-refractivity contribution in [2.24, 2.45) is 11.8 Å². The summed E-state index contributed by atoms with van der Waals surface area (Å²) in [6.45, 7) is 5.38. The van der Waals surface area contributed by atoms with E-state index in [9.17, 15) is 19.6 Å². The van der Waals surface area contributed by atoms with E-state index in [1.165, 1.54) is 0 Å². The Labute approximate surface area is 205 Å². The highest BCUT2D eigenvalue weighted by atomic mass is 16.6. The number of ether oxygens (including phenoxy) is 1. The Kier molecular flexibility index (Phi) is 7.01. The highest BCUT2D eigenvalue weighted by Gasteiger charge is 2.37. The minimum Gasteiger partial charge on any atom is -0.444 e. The Morgan fingerprint density at radius 2 is 1.86 bits per heavy atom. The van der Waals surface area contributed by atoms with Gasteiger partial charge in [-0.25, -0.2) is 4.79 Å². The molecule has 9 nitrogen and oxygen atoms in total. The van der Waals surface area contributed by atoms with Crippen molar-refractivity contribution in [1.82, 2.24) is 15.6 Å². The first-order valence-corrected chi connectivity index (χ1v) is 12.3. The summed E-state index contributed by atoms with van der Waals surface area (Å²) in [5.41, 5.74) is 1.09. The average molecular weight is 480 g/mol. The zero-order chi connectivity index (χ0) is 25.2. The van der Waals surface area contributed by atoms with Gasteiger partial charge in [0.15, 0.2) is 0 Å². The summed E-state index contributed by atoms with van der Waals surface area (Å²) in [7, 11) is 0. The topological polar surface area (TPSA) is 136 Å². The van der Waals surface area contributed by atoms with E-state index in [0.717, 1.165) is 36.6 Å². The number of carbonyl (C=O) groups excluding carboxylic acids is 3. The van der Waals surface area contributed by atoms with E-state index in [4.69, 9.17) is 4.74 Å². The number of rotatable bonds is 6. The Morgan fingerprint density at radius 1 is 1.11 bits per heavy atom. The molecule has 4 N–H and O–H groups in total. The number of aromatic amines is 1. The number of benzene rings is 1. The van der Waals surface area contributed by atoms with Gasteiger partial charge in [0, 0.05) is 22.6 Å². The van der Waals surface area contributed by atoms with Gasteiger partial charge in [-0.3, -0.25) is 14.9 Å². The predicted molar refractivity (Wildman–Crippen MR) is 132 cm³/mol. The molecule has 3 atom stereocenters. The summed E-state index contributed by atoms with van der Waals surface area (Å²) in [5.74, 6) is -0.535. The lowest BCUT2D eigenvalue weighted by Gasteiger charge is -2.31. The molecule has 0 bridgehead atoms. The van der Waals surface area contributed by atoms with Gasteiger partial charge in [0.1, 0.15) is 17.3 Å². The maximum Gasteiger partial charge on any atom is 0.412 e. The second-order valence-corrected chi connectivity index (χ2v) is 10.5. The zero-order valence-electron chi connectivity index (χ0n) is 20.4. The van der Waals surface area contributed by atoms with Crippen LogP contribution in [-0.2, 0) is 9.53 Å². The van der Waals surface area contributed by atoms with Crippen LogP contribution in [0.4, 0.5) is 10.5 Å². The standard InChI is InChI=1S/C26H33N5O4/c1-26(2,3)35-25(34)28-17-10-11-19-16(12-17)13-21(29-19)24(33)30-20-7-5-4-6-18(20)23(32)31-22(14-27)15-8-9-15/h10-13,15,18,20,22,29H,4-9H2,1-3H3,(H,28,34)(H,30,33)(H,31,32)/t18-,20+,22?/m1/s1. The van der Waals surface area contributed by atoms with Crippen LogP contribution >= 0.6 is 0 Å². The van der Waals surface area contributed by atoms with Crippen LogP contribution in [0.1, 0.15) is 69.8 Å². The number of anilines is 1. The smallest absolute Gasteiger partial charge is 0.412 e. The molecule has 1 heterocycles. The maximum absolute atomic E-state index is 13.1. The normalized spacial score (nSPS) is 21.0. The molecule has 186 valence electrons. The summed E-state index contributed by atoms with van der Waals surface area (Å²) in [5, 5.41) is 18.8. The van der Waals surface area contributed by atoms with Gasteiger partial charge in [-0.05, 0) is 76.6 Å². The van der Waals surface area contributed by atoms with Crippen LogP contribution in [0.2, 0.25) is 0 Å². The number of H-pyrrole nitrogens is 1. The van der Waals surface area contributed by atoms with Gasteiger partial charge in [-0.15, -0.1) is 0 Å². The summed E-state index contributed by atoms with van der Waals surface area (Å²) < 4.78 is 5.29. The molecule has 2 aliphatic carbocycles. The number of nitriles is 1. The van der Waals surface area contributed by atoms with E-state index in [-0.39, 0.29) is 29.7 Å². The molecule has 0 saturated heterocycles.